The quantitative estimate of drug-likeness (QED) is 0.392. The predicted octanol–water partition coefficient (Wildman–Crippen LogP) is 3.53. The molecule has 0 aliphatic heterocycles. The maximum atomic E-state index is 5.83. The van der Waals surface area contributed by atoms with Crippen molar-refractivity contribution in [2.45, 2.75) is 26.3 Å². The van der Waals surface area contributed by atoms with E-state index in [9.17, 15) is 0 Å². The zero-order chi connectivity index (χ0) is 19.5. The van der Waals surface area contributed by atoms with Crippen molar-refractivity contribution >= 4 is 17.6 Å². The van der Waals surface area contributed by atoms with E-state index in [0.29, 0.717) is 11.2 Å². The van der Waals surface area contributed by atoms with Crippen LogP contribution in [0.15, 0.2) is 53.7 Å². The number of pyridine rings is 1. The van der Waals surface area contributed by atoms with Crippen molar-refractivity contribution in [1.29, 1.82) is 0 Å². The minimum Gasteiger partial charge on any atom is -0.356 e. The van der Waals surface area contributed by atoms with Crippen LogP contribution in [-0.4, -0.2) is 49.1 Å². The van der Waals surface area contributed by atoms with E-state index >= 15 is 0 Å². The summed E-state index contributed by atoms with van der Waals surface area (Å²) in [6, 6.07) is 14.8. The summed E-state index contributed by atoms with van der Waals surface area (Å²) in [7, 11) is 1.80. The van der Waals surface area contributed by atoms with E-state index in [1.807, 2.05) is 18.3 Å². The fourth-order valence-corrected chi connectivity index (χ4v) is 3.20. The summed E-state index contributed by atoms with van der Waals surface area (Å²) in [5.41, 5.74) is 2.46. The minimum atomic E-state index is 0.306. The van der Waals surface area contributed by atoms with Crippen molar-refractivity contribution < 1.29 is 0 Å². The van der Waals surface area contributed by atoms with Crippen LogP contribution in [0.2, 0.25) is 5.15 Å². The lowest BCUT2D eigenvalue weighted by molar-refractivity contribution is 0.219. The standard InChI is InChI=1S/C21H30ClN5/c1-4-27(5-2)19(18-9-7-6-8-10-18)16-26-21(23-3)24-14-13-17-11-12-20(22)25-15-17/h6-12,15,19H,4-5,13-14,16H2,1-3H3,(H2,23,24,26). The van der Waals surface area contributed by atoms with E-state index in [-0.39, 0.29) is 0 Å². The van der Waals surface area contributed by atoms with Crippen LogP contribution in [0.25, 0.3) is 0 Å². The Morgan fingerprint density at radius 1 is 1.11 bits per heavy atom. The van der Waals surface area contributed by atoms with Crippen LogP contribution in [0.1, 0.15) is 31.0 Å². The first-order valence-corrected chi connectivity index (χ1v) is 9.89. The number of hydrogen-bond donors (Lipinski definition) is 2. The van der Waals surface area contributed by atoms with Crippen molar-refractivity contribution in [2.24, 2.45) is 4.99 Å². The van der Waals surface area contributed by atoms with Gasteiger partial charge in [-0.3, -0.25) is 9.89 Å². The van der Waals surface area contributed by atoms with Gasteiger partial charge in [-0.15, -0.1) is 0 Å². The molecule has 0 spiro atoms. The fraction of sp³-hybridized carbons (Fsp3) is 0.429. The van der Waals surface area contributed by atoms with E-state index in [2.05, 4.69) is 69.7 Å². The van der Waals surface area contributed by atoms with Gasteiger partial charge in [0, 0.05) is 26.3 Å². The van der Waals surface area contributed by atoms with E-state index < -0.39 is 0 Å². The second kappa shape index (κ2) is 11.6. The maximum absolute atomic E-state index is 5.83. The highest BCUT2D eigenvalue weighted by atomic mass is 35.5. The van der Waals surface area contributed by atoms with Crippen molar-refractivity contribution in [1.82, 2.24) is 20.5 Å². The molecule has 6 heteroatoms. The number of guanidine groups is 1. The number of rotatable bonds is 9. The Morgan fingerprint density at radius 3 is 2.44 bits per heavy atom. The molecule has 0 saturated heterocycles. The van der Waals surface area contributed by atoms with E-state index in [0.717, 1.165) is 44.1 Å². The van der Waals surface area contributed by atoms with Crippen LogP contribution < -0.4 is 10.6 Å². The first-order valence-electron chi connectivity index (χ1n) is 9.51. The average Bonchev–Trinajstić information content (AvgIpc) is 2.71. The van der Waals surface area contributed by atoms with Gasteiger partial charge in [-0.05, 0) is 36.7 Å². The van der Waals surface area contributed by atoms with Gasteiger partial charge in [0.25, 0.3) is 0 Å². The number of halogens is 1. The van der Waals surface area contributed by atoms with Crippen LogP contribution >= 0.6 is 11.6 Å². The third-order valence-corrected chi connectivity index (χ3v) is 4.84. The molecule has 1 atom stereocenters. The molecule has 0 saturated carbocycles. The Kier molecular flexibility index (Phi) is 9.08. The molecule has 2 rings (SSSR count). The maximum Gasteiger partial charge on any atom is 0.191 e. The van der Waals surface area contributed by atoms with Gasteiger partial charge in [-0.1, -0.05) is 61.8 Å². The summed E-state index contributed by atoms with van der Waals surface area (Å²) in [5, 5.41) is 7.37. The van der Waals surface area contributed by atoms with Gasteiger partial charge in [0.1, 0.15) is 5.15 Å². The van der Waals surface area contributed by atoms with Gasteiger partial charge in [0.05, 0.1) is 6.04 Å². The molecule has 1 heterocycles. The second-order valence-corrected chi connectivity index (χ2v) is 6.65. The molecule has 146 valence electrons. The lowest BCUT2D eigenvalue weighted by atomic mass is 10.1. The first-order chi connectivity index (χ1) is 13.2. The fourth-order valence-electron chi connectivity index (χ4n) is 3.09. The molecule has 1 aromatic carbocycles. The van der Waals surface area contributed by atoms with Crippen LogP contribution in [-0.2, 0) is 6.42 Å². The van der Waals surface area contributed by atoms with Gasteiger partial charge in [-0.25, -0.2) is 4.98 Å². The Hall–Kier alpha value is -2.11. The summed E-state index contributed by atoms with van der Waals surface area (Å²) >= 11 is 5.83. The molecule has 1 aromatic heterocycles. The van der Waals surface area contributed by atoms with Gasteiger partial charge in [0.15, 0.2) is 5.96 Å². The molecule has 27 heavy (non-hydrogen) atoms. The summed E-state index contributed by atoms with van der Waals surface area (Å²) < 4.78 is 0. The number of aliphatic imine (C=N–C) groups is 1. The predicted molar refractivity (Wildman–Crippen MR) is 114 cm³/mol. The molecule has 0 amide bonds. The van der Waals surface area contributed by atoms with E-state index in [4.69, 9.17) is 11.6 Å². The highest BCUT2D eigenvalue weighted by Gasteiger charge is 2.18. The Labute approximate surface area is 167 Å². The molecular weight excluding hydrogens is 358 g/mol. The number of nitrogens with zero attached hydrogens (tertiary/aromatic N) is 3. The van der Waals surface area contributed by atoms with Crippen molar-refractivity contribution in [3.8, 4) is 0 Å². The lowest BCUT2D eigenvalue weighted by Crippen LogP contribution is -2.43. The second-order valence-electron chi connectivity index (χ2n) is 6.27. The summed E-state index contributed by atoms with van der Waals surface area (Å²) in [5.74, 6) is 0.810. The molecule has 0 fully saturated rings. The van der Waals surface area contributed by atoms with Crippen LogP contribution in [0, 0.1) is 0 Å². The molecule has 2 aromatic rings. The Bertz CT molecular complexity index is 683. The van der Waals surface area contributed by atoms with Gasteiger partial charge < -0.3 is 10.6 Å². The largest absolute Gasteiger partial charge is 0.356 e. The number of nitrogens with one attached hydrogen (secondary N) is 2. The third kappa shape index (κ3) is 6.85. The first kappa shape index (κ1) is 21.2. The number of likely N-dealkylation sites (N-methyl/N-ethyl adjacent to an activating group) is 1. The Balaban J connectivity index is 1.90. The third-order valence-electron chi connectivity index (χ3n) is 4.62. The van der Waals surface area contributed by atoms with Crippen LogP contribution in [0.4, 0.5) is 0 Å². The van der Waals surface area contributed by atoms with Crippen LogP contribution in [0.5, 0.6) is 0 Å². The molecule has 5 nitrogen and oxygen atoms in total. The molecular formula is C21H30ClN5. The monoisotopic (exact) mass is 387 g/mol. The number of hydrogen-bond acceptors (Lipinski definition) is 3. The van der Waals surface area contributed by atoms with Gasteiger partial charge in [0.2, 0.25) is 0 Å². The van der Waals surface area contributed by atoms with Crippen molar-refractivity contribution in [2.75, 3.05) is 33.2 Å². The topological polar surface area (TPSA) is 52.5 Å². The lowest BCUT2D eigenvalue weighted by Gasteiger charge is -2.30. The van der Waals surface area contributed by atoms with Crippen LogP contribution in [0.3, 0.4) is 0 Å². The zero-order valence-corrected chi connectivity index (χ0v) is 17.2. The molecule has 2 N–H and O–H groups in total. The Morgan fingerprint density at radius 2 is 1.85 bits per heavy atom. The SMILES string of the molecule is CCN(CC)C(CNC(=NC)NCCc1ccc(Cl)nc1)c1ccccc1. The summed E-state index contributed by atoms with van der Waals surface area (Å²) in [6.07, 6.45) is 2.68. The number of benzene rings is 1. The number of aromatic nitrogens is 1. The van der Waals surface area contributed by atoms with E-state index in [1.165, 1.54) is 5.56 Å². The highest BCUT2D eigenvalue weighted by molar-refractivity contribution is 6.29. The normalized spacial score (nSPS) is 12.9. The van der Waals surface area contributed by atoms with Gasteiger partial charge >= 0.3 is 0 Å². The highest BCUT2D eigenvalue weighted by Crippen LogP contribution is 2.19. The molecule has 0 bridgehead atoms. The van der Waals surface area contributed by atoms with Gasteiger partial charge in [-0.2, -0.15) is 0 Å². The minimum absolute atomic E-state index is 0.306. The summed E-state index contributed by atoms with van der Waals surface area (Å²) in [6.45, 7) is 8.00. The van der Waals surface area contributed by atoms with E-state index in [1.54, 1.807) is 7.05 Å². The van der Waals surface area contributed by atoms with Crippen molar-refractivity contribution in [3.05, 3.63) is 64.9 Å². The summed E-state index contributed by atoms with van der Waals surface area (Å²) in [4.78, 5) is 10.9. The molecule has 0 radical (unpaired) electrons. The molecule has 1 unspecified atom stereocenters. The zero-order valence-electron chi connectivity index (χ0n) is 16.5. The van der Waals surface area contributed by atoms with Crippen molar-refractivity contribution in [3.63, 3.8) is 0 Å². The average molecular weight is 388 g/mol. The molecule has 0 aliphatic carbocycles. The molecule has 0 aliphatic rings. The smallest absolute Gasteiger partial charge is 0.191 e.